The van der Waals surface area contributed by atoms with Gasteiger partial charge in [-0.05, 0) is 40.1 Å². The number of hydrogen-bond acceptors (Lipinski definition) is 2. The summed E-state index contributed by atoms with van der Waals surface area (Å²) in [5, 5.41) is 2.50. The number of aliphatic imine (C=N–C) groups is 1. The fraction of sp³-hybridized carbons (Fsp3) is 0.105. The Bertz CT molecular complexity index is 760. The molecule has 0 aromatic heterocycles. The molecular weight excluding hydrogens is 258 g/mol. The summed E-state index contributed by atoms with van der Waals surface area (Å²) < 4.78 is 5.15. The van der Waals surface area contributed by atoms with Gasteiger partial charge < -0.3 is 4.74 Å². The van der Waals surface area contributed by atoms with E-state index in [-0.39, 0.29) is 0 Å². The van der Waals surface area contributed by atoms with Crippen LogP contribution in [0, 0.1) is 0 Å². The summed E-state index contributed by atoms with van der Waals surface area (Å²) in [6.45, 7) is 0.677. The monoisotopic (exact) mass is 275 g/mol. The zero-order valence-corrected chi connectivity index (χ0v) is 12.0. The van der Waals surface area contributed by atoms with Crippen molar-refractivity contribution in [2.45, 2.75) is 6.54 Å². The number of ether oxygens (including phenoxy) is 1. The van der Waals surface area contributed by atoms with Crippen molar-refractivity contribution in [3.63, 3.8) is 0 Å². The second kappa shape index (κ2) is 6.23. The molecule has 0 bridgehead atoms. The van der Waals surface area contributed by atoms with Gasteiger partial charge in [0.1, 0.15) is 5.75 Å². The van der Waals surface area contributed by atoms with Crippen LogP contribution in [0.15, 0.2) is 71.7 Å². The predicted molar refractivity (Wildman–Crippen MR) is 88.2 cm³/mol. The van der Waals surface area contributed by atoms with Crippen molar-refractivity contribution in [1.82, 2.24) is 0 Å². The van der Waals surface area contributed by atoms with Crippen molar-refractivity contribution >= 4 is 17.0 Å². The summed E-state index contributed by atoms with van der Waals surface area (Å²) in [5.74, 6) is 0.872. The van der Waals surface area contributed by atoms with Crippen LogP contribution in [0.25, 0.3) is 10.8 Å². The second-order valence-electron chi connectivity index (χ2n) is 4.92. The van der Waals surface area contributed by atoms with Gasteiger partial charge in [0, 0.05) is 6.21 Å². The van der Waals surface area contributed by atoms with E-state index in [4.69, 9.17) is 4.74 Å². The molecule has 0 aliphatic rings. The number of hydrogen-bond donors (Lipinski definition) is 0. The smallest absolute Gasteiger partial charge is 0.118 e. The Morgan fingerprint density at radius 3 is 2.43 bits per heavy atom. The number of benzene rings is 3. The highest BCUT2D eigenvalue weighted by Crippen LogP contribution is 2.15. The third-order valence-corrected chi connectivity index (χ3v) is 3.45. The van der Waals surface area contributed by atoms with Crippen LogP contribution in [0.4, 0.5) is 0 Å². The van der Waals surface area contributed by atoms with Crippen molar-refractivity contribution in [2.75, 3.05) is 7.11 Å². The quantitative estimate of drug-likeness (QED) is 0.644. The molecule has 3 rings (SSSR count). The molecule has 0 saturated heterocycles. The molecule has 0 unspecified atom stereocenters. The van der Waals surface area contributed by atoms with Gasteiger partial charge in [-0.15, -0.1) is 0 Å². The highest BCUT2D eigenvalue weighted by atomic mass is 16.5. The number of nitrogens with zero attached hydrogens (tertiary/aromatic N) is 1. The van der Waals surface area contributed by atoms with E-state index in [1.807, 2.05) is 30.5 Å². The summed E-state index contributed by atoms with van der Waals surface area (Å²) in [6, 6.07) is 22.7. The third kappa shape index (κ3) is 3.29. The van der Waals surface area contributed by atoms with Gasteiger partial charge in [-0.3, -0.25) is 4.99 Å². The van der Waals surface area contributed by atoms with E-state index >= 15 is 0 Å². The molecule has 3 aromatic rings. The van der Waals surface area contributed by atoms with Crippen molar-refractivity contribution in [2.24, 2.45) is 4.99 Å². The van der Waals surface area contributed by atoms with E-state index < -0.39 is 0 Å². The van der Waals surface area contributed by atoms with Crippen LogP contribution in [0.5, 0.6) is 5.75 Å². The molecular formula is C19H17NO. The summed E-state index contributed by atoms with van der Waals surface area (Å²) in [5.41, 5.74) is 2.30. The van der Waals surface area contributed by atoms with Crippen molar-refractivity contribution in [3.05, 3.63) is 77.9 Å². The minimum absolute atomic E-state index is 0.677. The molecule has 0 aliphatic heterocycles. The molecule has 0 atom stereocenters. The van der Waals surface area contributed by atoms with Crippen LogP contribution in [-0.2, 0) is 6.54 Å². The van der Waals surface area contributed by atoms with Crippen LogP contribution in [-0.4, -0.2) is 13.3 Å². The lowest BCUT2D eigenvalue weighted by Crippen LogP contribution is -1.86. The van der Waals surface area contributed by atoms with E-state index in [0.717, 1.165) is 11.3 Å². The fourth-order valence-electron chi connectivity index (χ4n) is 2.28. The molecule has 0 fully saturated rings. The minimum Gasteiger partial charge on any atom is -0.497 e. The van der Waals surface area contributed by atoms with Gasteiger partial charge in [0.05, 0.1) is 13.7 Å². The Balaban J connectivity index is 1.71. The van der Waals surface area contributed by atoms with Crippen LogP contribution in [0.2, 0.25) is 0 Å². The van der Waals surface area contributed by atoms with Crippen LogP contribution in [0.3, 0.4) is 0 Å². The van der Waals surface area contributed by atoms with Gasteiger partial charge in [-0.25, -0.2) is 0 Å². The molecule has 0 aliphatic carbocycles. The van der Waals surface area contributed by atoms with Crippen molar-refractivity contribution < 1.29 is 4.74 Å². The highest BCUT2D eigenvalue weighted by Gasteiger charge is 1.95. The Morgan fingerprint density at radius 1 is 0.905 bits per heavy atom. The number of fused-ring (bicyclic) bond motifs is 1. The standard InChI is InChI=1S/C19H17NO/c1-21-19-10-7-15(8-11-19)13-20-14-16-6-9-17-4-2-3-5-18(17)12-16/h2-12,14H,13H2,1H3. The molecule has 2 heteroatoms. The molecule has 0 N–H and O–H groups in total. The summed E-state index contributed by atoms with van der Waals surface area (Å²) >= 11 is 0. The average Bonchev–Trinajstić information content (AvgIpc) is 2.55. The van der Waals surface area contributed by atoms with Gasteiger partial charge in [-0.2, -0.15) is 0 Å². The van der Waals surface area contributed by atoms with Crippen molar-refractivity contribution in [1.29, 1.82) is 0 Å². The normalized spacial score (nSPS) is 11.1. The largest absolute Gasteiger partial charge is 0.497 e. The van der Waals surface area contributed by atoms with E-state index in [1.165, 1.54) is 16.3 Å². The summed E-state index contributed by atoms with van der Waals surface area (Å²) in [4.78, 5) is 4.51. The first-order valence-corrected chi connectivity index (χ1v) is 6.97. The van der Waals surface area contributed by atoms with Gasteiger partial charge >= 0.3 is 0 Å². The van der Waals surface area contributed by atoms with Crippen LogP contribution < -0.4 is 4.74 Å². The molecule has 0 saturated carbocycles. The maximum atomic E-state index is 5.15. The zero-order chi connectivity index (χ0) is 14.5. The predicted octanol–water partition coefficient (Wildman–Crippen LogP) is 4.47. The van der Waals surface area contributed by atoms with Gasteiger partial charge in [0.2, 0.25) is 0 Å². The molecule has 0 radical (unpaired) electrons. The number of methoxy groups -OCH3 is 1. The van der Waals surface area contributed by atoms with Crippen molar-refractivity contribution in [3.8, 4) is 5.75 Å². The first-order chi connectivity index (χ1) is 10.3. The van der Waals surface area contributed by atoms with E-state index in [9.17, 15) is 0 Å². The highest BCUT2D eigenvalue weighted by molar-refractivity contribution is 5.90. The minimum atomic E-state index is 0.677. The third-order valence-electron chi connectivity index (χ3n) is 3.45. The SMILES string of the molecule is COc1ccc(CN=Cc2ccc3ccccc3c2)cc1. The van der Waals surface area contributed by atoms with Crippen LogP contribution in [0.1, 0.15) is 11.1 Å². The average molecular weight is 275 g/mol. The van der Waals surface area contributed by atoms with E-state index in [0.29, 0.717) is 6.54 Å². The molecule has 104 valence electrons. The summed E-state index contributed by atoms with van der Waals surface area (Å²) in [6.07, 6.45) is 1.93. The second-order valence-corrected chi connectivity index (χ2v) is 4.92. The maximum absolute atomic E-state index is 5.15. The first kappa shape index (κ1) is 13.4. The number of rotatable bonds is 4. The lowest BCUT2D eigenvalue weighted by molar-refractivity contribution is 0.414. The molecule has 0 amide bonds. The van der Waals surface area contributed by atoms with Gasteiger partial charge in [0.25, 0.3) is 0 Å². The molecule has 0 heterocycles. The maximum Gasteiger partial charge on any atom is 0.118 e. The molecule has 21 heavy (non-hydrogen) atoms. The Labute approximate surface area is 124 Å². The van der Waals surface area contributed by atoms with E-state index in [1.54, 1.807) is 7.11 Å². The molecule has 3 aromatic carbocycles. The van der Waals surface area contributed by atoms with Crippen LogP contribution >= 0.6 is 0 Å². The first-order valence-electron chi connectivity index (χ1n) is 6.97. The molecule has 2 nitrogen and oxygen atoms in total. The topological polar surface area (TPSA) is 21.6 Å². The lowest BCUT2D eigenvalue weighted by Gasteiger charge is -2.01. The van der Waals surface area contributed by atoms with E-state index in [2.05, 4.69) is 47.5 Å². The Morgan fingerprint density at radius 2 is 1.67 bits per heavy atom. The van der Waals surface area contributed by atoms with Gasteiger partial charge in [0.15, 0.2) is 0 Å². The molecule has 0 spiro atoms. The summed E-state index contributed by atoms with van der Waals surface area (Å²) in [7, 11) is 1.67. The fourth-order valence-corrected chi connectivity index (χ4v) is 2.28. The van der Waals surface area contributed by atoms with Gasteiger partial charge in [-0.1, -0.05) is 48.5 Å². The zero-order valence-electron chi connectivity index (χ0n) is 12.0. The lowest BCUT2D eigenvalue weighted by atomic mass is 10.1. The Kier molecular flexibility index (Phi) is 3.97. The Hall–Kier alpha value is -2.61.